The standard InChI is InChI=1S/C27H27N3O3S2/c1-17(2)33-20-14-12-19(13-15-20)29(3)23(31)16-34-27-28-25-24(21-10-7-11-22(21)35-25)30(27)26(32)18-8-5-4-6-9-18/h4-6,8-9,12-15,17H,7,10-11,16H2,1-3H3. The summed E-state index contributed by atoms with van der Waals surface area (Å²) in [7, 11) is 1.76. The first-order valence-corrected chi connectivity index (χ1v) is 13.5. The molecule has 2 aromatic heterocycles. The molecule has 1 aliphatic rings. The summed E-state index contributed by atoms with van der Waals surface area (Å²) in [6.45, 7) is 3.96. The number of ether oxygens (including phenoxy) is 1. The molecule has 0 spiro atoms. The SMILES string of the molecule is CC(C)Oc1ccc(N(C)C(=O)CSc2nc3sc4c(c3n2C(=O)c2ccccc2)CCC4)cc1. The van der Waals surface area contributed by atoms with E-state index in [-0.39, 0.29) is 23.7 Å². The monoisotopic (exact) mass is 505 g/mol. The fourth-order valence-electron chi connectivity index (χ4n) is 4.29. The van der Waals surface area contributed by atoms with Gasteiger partial charge in [0.15, 0.2) is 5.16 Å². The highest BCUT2D eigenvalue weighted by molar-refractivity contribution is 7.99. The quantitative estimate of drug-likeness (QED) is 0.296. The highest BCUT2D eigenvalue weighted by Gasteiger charge is 2.27. The molecule has 0 bridgehead atoms. The van der Waals surface area contributed by atoms with E-state index in [0.717, 1.165) is 41.0 Å². The van der Waals surface area contributed by atoms with E-state index in [1.165, 1.54) is 22.2 Å². The molecule has 0 saturated carbocycles. The number of amides is 1. The fourth-order valence-corrected chi connectivity index (χ4v) is 6.50. The van der Waals surface area contributed by atoms with Crippen LogP contribution >= 0.6 is 23.1 Å². The van der Waals surface area contributed by atoms with E-state index in [4.69, 9.17) is 9.72 Å². The fraction of sp³-hybridized carbons (Fsp3) is 0.296. The number of hydrogen-bond donors (Lipinski definition) is 0. The first-order chi connectivity index (χ1) is 16.9. The van der Waals surface area contributed by atoms with Crippen molar-refractivity contribution in [2.24, 2.45) is 0 Å². The highest BCUT2D eigenvalue weighted by atomic mass is 32.2. The molecular formula is C27H27N3O3S2. The van der Waals surface area contributed by atoms with Crippen LogP contribution < -0.4 is 9.64 Å². The van der Waals surface area contributed by atoms with Crippen LogP contribution in [0.1, 0.15) is 41.1 Å². The maximum absolute atomic E-state index is 13.6. The van der Waals surface area contributed by atoms with Crippen molar-refractivity contribution < 1.29 is 14.3 Å². The van der Waals surface area contributed by atoms with Gasteiger partial charge in [-0.1, -0.05) is 30.0 Å². The number of thiophene rings is 1. The van der Waals surface area contributed by atoms with E-state index in [9.17, 15) is 9.59 Å². The van der Waals surface area contributed by atoms with Crippen LogP contribution in [0.5, 0.6) is 5.75 Å². The number of rotatable bonds is 7. The summed E-state index contributed by atoms with van der Waals surface area (Å²) >= 11 is 2.98. The lowest BCUT2D eigenvalue weighted by Gasteiger charge is -2.18. The molecule has 6 nitrogen and oxygen atoms in total. The number of anilines is 1. The minimum Gasteiger partial charge on any atom is -0.491 e. The van der Waals surface area contributed by atoms with Crippen LogP contribution in [0.15, 0.2) is 59.8 Å². The Bertz CT molecular complexity index is 1370. The molecule has 5 rings (SSSR count). The van der Waals surface area contributed by atoms with Crippen LogP contribution in [0.25, 0.3) is 10.3 Å². The molecule has 35 heavy (non-hydrogen) atoms. The van der Waals surface area contributed by atoms with Crippen LogP contribution in [0.4, 0.5) is 5.69 Å². The van der Waals surface area contributed by atoms with E-state index in [1.807, 2.05) is 68.4 Å². The number of fused-ring (bicyclic) bond motifs is 3. The average molecular weight is 506 g/mol. The summed E-state index contributed by atoms with van der Waals surface area (Å²) < 4.78 is 7.41. The number of benzene rings is 2. The predicted molar refractivity (Wildman–Crippen MR) is 142 cm³/mol. The number of hydrogen-bond acceptors (Lipinski definition) is 6. The second-order valence-corrected chi connectivity index (χ2v) is 10.8. The van der Waals surface area contributed by atoms with Crippen molar-refractivity contribution >= 4 is 50.9 Å². The van der Waals surface area contributed by atoms with Gasteiger partial charge in [0.2, 0.25) is 5.91 Å². The third-order valence-electron chi connectivity index (χ3n) is 6.01. The topological polar surface area (TPSA) is 64.4 Å². The van der Waals surface area contributed by atoms with Gasteiger partial charge in [-0.05, 0) is 75.1 Å². The molecule has 0 N–H and O–H groups in total. The van der Waals surface area contributed by atoms with Gasteiger partial charge < -0.3 is 9.64 Å². The number of carbonyl (C=O) groups excluding carboxylic acids is 2. The molecule has 1 amide bonds. The van der Waals surface area contributed by atoms with Gasteiger partial charge in [0, 0.05) is 23.2 Å². The van der Waals surface area contributed by atoms with E-state index in [0.29, 0.717) is 10.7 Å². The normalized spacial score (nSPS) is 12.8. The number of nitrogens with zero attached hydrogens (tertiary/aromatic N) is 3. The smallest absolute Gasteiger partial charge is 0.264 e. The van der Waals surface area contributed by atoms with Crippen molar-refractivity contribution in [2.75, 3.05) is 17.7 Å². The molecule has 180 valence electrons. The van der Waals surface area contributed by atoms with Gasteiger partial charge in [-0.15, -0.1) is 11.3 Å². The third-order valence-corrected chi connectivity index (χ3v) is 8.10. The number of thioether (sulfide) groups is 1. The van der Waals surface area contributed by atoms with Gasteiger partial charge in [0.1, 0.15) is 10.6 Å². The summed E-state index contributed by atoms with van der Waals surface area (Å²) in [5.41, 5.74) is 3.55. The maximum atomic E-state index is 13.6. The molecule has 2 heterocycles. The summed E-state index contributed by atoms with van der Waals surface area (Å²) in [5, 5.41) is 0.567. The van der Waals surface area contributed by atoms with Crippen LogP contribution in [0.2, 0.25) is 0 Å². The second kappa shape index (κ2) is 9.87. The zero-order valence-corrected chi connectivity index (χ0v) is 21.6. The molecule has 0 unspecified atom stereocenters. The van der Waals surface area contributed by atoms with Gasteiger partial charge in [0.25, 0.3) is 5.91 Å². The molecule has 8 heteroatoms. The van der Waals surface area contributed by atoms with E-state index in [1.54, 1.807) is 27.9 Å². The number of imidazole rings is 1. The Morgan fingerprint density at radius 3 is 2.57 bits per heavy atom. The van der Waals surface area contributed by atoms with E-state index >= 15 is 0 Å². The summed E-state index contributed by atoms with van der Waals surface area (Å²) in [4.78, 5) is 35.2. The summed E-state index contributed by atoms with van der Waals surface area (Å²) in [6.07, 6.45) is 3.21. The average Bonchev–Trinajstić information content (AvgIpc) is 3.53. The zero-order valence-electron chi connectivity index (χ0n) is 20.0. The Morgan fingerprint density at radius 2 is 1.86 bits per heavy atom. The molecule has 0 atom stereocenters. The molecule has 1 aliphatic carbocycles. The van der Waals surface area contributed by atoms with Crippen LogP contribution in [0.3, 0.4) is 0 Å². The Kier molecular flexibility index (Phi) is 6.67. The Morgan fingerprint density at radius 1 is 1.11 bits per heavy atom. The molecule has 0 aliphatic heterocycles. The molecular weight excluding hydrogens is 478 g/mol. The van der Waals surface area contributed by atoms with Crippen molar-refractivity contribution in [3.05, 3.63) is 70.6 Å². The third kappa shape index (κ3) is 4.73. The lowest BCUT2D eigenvalue weighted by atomic mass is 10.2. The molecule has 0 radical (unpaired) electrons. The van der Waals surface area contributed by atoms with Gasteiger partial charge >= 0.3 is 0 Å². The van der Waals surface area contributed by atoms with E-state index < -0.39 is 0 Å². The van der Waals surface area contributed by atoms with Gasteiger partial charge in [-0.3, -0.25) is 14.2 Å². The molecule has 0 fully saturated rings. The lowest BCUT2D eigenvalue weighted by Crippen LogP contribution is -2.28. The number of aryl methyl sites for hydroxylation is 2. The Hall–Kier alpha value is -3.10. The minimum absolute atomic E-state index is 0.0668. The van der Waals surface area contributed by atoms with Crippen LogP contribution in [-0.2, 0) is 17.6 Å². The van der Waals surface area contributed by atoms with Crippen molar-refractivity contribution in [3.8, 4) is 5.75 Å². The molecule has 2 aromatic carbocycles. The van der Waals surface area contributed by atoms with Crippen molar-refractivity contribution in [2.45, 2.75) is 44.4 Å². The van der Waals surface area contributed by atoms with Gasteiger partial charge in [-0.2, -0.15) is 0 Å². The number of aromatic nitrogens is 2. The van der Waals surface area contributed by atoms with Crippen molar-refractivity contribution in [1.29, 1.82) is 0 Å². The summed E-state index contributed by atoms with van der Waals surface area (Å²) in [6, 6.07) is 16.7. The van der Waals surface area contributed by atoms with Crippen LogP contribution in [0, 0.1) is 0 Å². The van der Waals surface area contributed by atoms with Gasteiger partial charge in [0.05, 0.1) is 17.4 Å². The highest BCUT2D eigenvalue weighted by Crippen LogP contribution is 2.39. The molecule has 0 saturated heterocycles. The Balaban J connectivity index is 1.39. The predicted octanol–water partition coefficient (Wildman–Crippen LogP) is 5.82. The largest absolute Gasteiger partial charge is 0.491 e. The number of carbonyl (C=O) groups is 2. The lowest BCUT2D eigenvalue weighted by molar-refractivity contribution is -0.115. The van der Waals surface area contributed by atoms with Crippen molar-refractivity contribution in [3.63, 3.8) is 0 Å². The van der Waals surface area contributed by atoms with Crippen molar-refractivity contribution in [1.82, 2.24) is 9.55 Å². The molecule has 4 aromatic rings. The first kappa shape index (κ1) is 23.6. The Labute approximate surface area is 212 Å². The maximum Gasteiger partial charge on any atom is 0.264 e. The van der Waals surface area contributed by atoms with E-state index in [2.05, 4.69) is 0 Å². The van der Waals surface area contributed by atoms with Gasteiger partial charge in [-0.25, -0.2) is 4.98 Å². The zero-order chi connectivity index (χ0) is 24.5. The minimum atomic E-state index is -0.107. The second-order valence-electron chi connectivity index (χ2n) is 8.81. The first-order valence-electron chi connectivity index (χ1n) is 11.7. The van der Waals surface area contributed by atoms with Crippen LogP contribution in [-0.4, -0.2) is 40.3 Å². The summed E-state index contributed by atoms with van der Waals surface area (Å²) in [5.74, 6) is 0.774.